The van der Waals surface area contributed by atoms with E-state index in [-0.39, 0.29) is 13.0 Å². The van der Waals surface area contributed by atoms with Crippen molar-refractivity contribution in [3.05, 3.63) is 0 Å². The highest BCUT2D eigenvalue weighted by Crippen LogP contribution is 2.34. The van der Waals surface area contributed by atoms with Crippen molar-refractivity contribution < 1.29 is 69.3 Å². The lowest BCUT2D eigenvalue weighted by Crippen LogP contribution is -2.68. The molecule has 3 aliphatic heterocycles. The maximum absolute atomic E-state index is 11.1. The first-order chi connectivity index (χ1) is 19.8. The smallest absolute Gasteiger partial charge is 0.187 e. The Labute approximate surface area is 240 Å². The zero-order valence-electron chi connectivity index (χ0n) is 22.7. The normalized spacial score (nSPS) is 53.8. The molecule has 0 spiro atoms. The number of aliphatic hydroxyl groups excluding tert-OH is 8. The number of ether oxygens (including phenoxy) is 6. The van der Waals surface area contributed by atoms with Gasteiger partial charge in [-0.3, -0.25) is 0 Å². The maximum atomic E-state index is 11.1. The summed E-state index contributed by atoms with van der Waals surface area (Å²) in [6.45, 7) is -1.49. The molecule has 4 fully saturated rings. The Morgan fingerprint density at radius 1 is 0.524 bits per heavy atom. The van der Waals surface area contributed by atoms with Gasteiger partial charge in [-0.25, -0.2) is 0 Å². The summed E-state index contributed by atoms with van der Waals surface area (Å²) in [5, 5.41) is 82.3. The third-order valence-electron chi connectivity index (χ3n) is 8.32. The van der Waals surface area contributed by atoms with Crippen molar-refractivity contribution in [2.24, 2.45) is 28.7 Å². The standard InChI is InChI=1S/C23H45N5O14/c24-2-7-13(32)15(34)10(27)21(37-7)41-19-9(4-30)39-23(17(19)36)42-20-12(31)5(25)1-6(26)18(20)40-22-11(28)16(35)14(33)8(3-29)38-22/h5-23,29-36H,1-4,24-28H2/t5-,6+,7+,8-,9-,10-,11-,12+,13?,14-,15-,16-,17-,18-,19+,20+,21-,22-,23+/m1/s1. The van der Waals surface area contributed by atoms with Gasteiger partial charge in [0.25, 0.3) is 0 Å². The van der Waals surface area contributed by atoms with Gasteiger partial charge in [0, 0.05) is 18.6 Å². The second-order valence-electron chi connectivity index (χ2n) is 11.2. The molecule has 246 valence electrons. The number of rotatable bonds is 9. The van der Waals surface area contributed by atoms with Crippen molar-refractivity contribution in [1.82, 2.24) is 0 Å². The topological polar surface area (TPSA) is 347 Å². The molecular formula is C23H45N5O14. The number of hydrogen-bond donors (Lipinski definition) is 13. The fraction of sp³-hybridized carbons (Fsp3) is 1.00. The van der Waals surface area contributed by atoms with E-state index in [1.807, 2.05) is 0 Å². The average Bonchev–Trinajstić information content (AvgIpc) is 3.27. The molecule has 1 saturated carbocycles. The molecule has 0 bridgehead atoms. The summed E-state index contributed by atoms with van der Waals surface area (Å²) < 4.78 is 34.4. The van der Waals surface area contributed by atoms with E-state index in [0.717, 1.165) is 0 Å². The summed E-state index contributed by atoms with van der Waals surface area (Å²) >= 11 is 0. The van der Waals surface area contributed by atoms with E-state index < -0.39 is 129 Å². The van der Waals surface area contributed by atoms with E-state index in [4.69, 9.17) is 57.1 Å². The molecule has 42 heavy (non-hydrogen) atoms. The minimum Gasteiger partial charge on any atom is -0.394 e. The number of nitrogens with two attached hydrogens (primary N) is 5. The highest BCUT2D eigenvalue weighted by atomic mass is 16.8. The molecule has 3 saturated heterocycles. The maximum Gasteiger partial charge on any atom is 0.187 e. The van der Waals surface area contributed by atoms with Crippen molar-refractivity contribution >= 4 is 0 Å². The molecule has 19 atom stereocenters. The van der Waals surface area contributed by atoms with Crippen molar-refractivity contribution in [3.8, 4) is 0 Å². The van der Waals surface area contributed by atoms with Gasteiger partial charge < -0.3 is 97.9 Å². The lowest BCUT2D eigenvalue weighted by molar-refractivity contribution is -0.310. The third-order valence-corrected chi connectivity index (χ3v) is 8.32. The molecule has 4 rings (SSSR count). The van der Waals surface area contributed by atoms with Crippen molar-refractivity contribution in [3.63, 3.8) is 0 Å². The van der Waals surface area contributed by atoms with Gasteiger partial charge >= 0.3 is 0 Å². The van der Waals surface area contributed by atoms with Crippen LogP contribution in [0, 0.1) is 0 Å². The van der Waals surface area contributed by atoms with E-state index in [1.54, 1.807) is 0 Å². The molecule has 1 aliphatic carbocycles. The first-order valence-corrected chi connectivity index (χ1v) is 13.8. The van der Waals surface area contributed by atoms with Crippen LogP contribution in [-0.4, -0.2) is 177 Å². The number of hydrogen-bond acceptors (Lipinski definition) is 19. The van der Waals surface area contributed by atoms with Gasteiger partial charge in [0.1, 0.15) is 67.1 Å². The quantitative estimate of drug-likeness (QED) is 0.114. The van der Waals surface area contributed by atoms with Crippen LogP contribution in [0.5, 0.6) is 0 Å². The molecule has 3 heterocycles. The monoisotopic (exact) mass is 615 g/mol. The Kier molecular flexibility index (Phi) is 11.5. The summed E-state index contributed by atoms with van der Waals surface area (Å²) in [6, 6.07) is -4.30. The zero-order chi connectivity index (χ0) is 31.0. The van der Waals surface area contributed by atoms with Crippen LogP contribution in [0.4, 0.5) is 0 Å². The molecule has 0 radical (unpaired) electrons. The number of aliphatic hydroxyl groups is 8. The minimum absolute atomic E-state index is 0.0642. The molecule has 19 heteroatoms. The van der Waals surface area contributed by atoms with Crippen LogP contribution in [-0.2, 0) is 28.4 Å². The Balaban J connectivity index is 1.50. The Morgan fingerprint density at radius 3 is 1.55 bits per heavy atom. The van der Waals surface area contributed by atoms with Crippen LogP contribution in [0.1, 0.15) is 6.42 Å². The molecule has 0 amide bonds. The lowest BCUT2D eigenvalue weighted by atomic mass is 9.84. The van der Waals surface area contributed by atoms with E-state index >= 15 is 0 Å². The van der Waals surface area contributed by atoms with Crippen LogP contribution in [0.3, 0.4) is 0 Å². The van der Waals surface area contributed by atoms with Crippen LogP contribution >= 0.6 is 0 Å². The van der Waals surface area contributed by atoms with Gasteiger partial charge in [0.15, 0.2) is 18.9 Å². The largest absolute Gasteiger partial charge is 0.394 e. The predicted molar refractivity (Wildman–Crippen MR) is 136 cm³/mol. The summed E-state index contributed by atoms with van der Waals surface area (Å²) in [4.78, 5) is 0. The fourth-order valence-corrected chi connectivity index (χ4v) is 5.70. The third kappa shape index (κ3) is 6.60. The van der Waals surface area contributed by atoms with E-state index in [1.165, 1.54) is 0 Å². The predicted octanol–water partition coefficient (Wildman–Crippen LogP) is -8.86. The summed E-state index contributed by atoms with van der Waals surface area (Å²) in [5.74, 6) is 0. The lowest BCUT2D eigenvalue weighted by Gasteiger charge is -2.47. The van der Waals surface area contributed by atoms with Crippen molar-refractivity contribution in [2.45, 2.75) is 123 Å². The summed E-state index contributed by atoms with van der Waals surface area (Å²) in [5.41, 5.74) is 29.9. The van der Waals surface area contributed by atoms with Gasteiger partial charge in [-0.1, -0.05) is 0 Å². The molecule has 4 aliphatic rings. The molecule has 19 nitrogen and oxygen atoms in total. The summed E-state index contributed by atoms with van der Waals surface area (Å²) in [7, 11) is 0. The zero-order valence-corrected chi connectivity index (χ0v) is 22.7. The second-order valence-corrected chi connectivity index (χ2v) is 11.2. The average molecular weight is 616 g/mol. The Bertz CT molecular complexity index is 866. The molecule has 1 unspecified atom stereocenters. The first kappa shape index (κ1) is 34.1. The summed E-state index contributed by atoms with van der Waals surface area (Å²) in [6.07, 6.45) is -20.5. The van der Waals surface area contributed by atoms with Crippen LogP contribution < -0.4 is 28.7 Å². The van der Waals surface area contributed by atoms with Crippen LogP contribution in [0.25, 0.3) is 0 Å². The highest BCUT2D eigenvalue weighted by molar-refractivity contribution is 5.02. The molecular weight excluding hydrogens is 570 g/mol. The fourth-order valence-electron chi connectivity index (χ4n) is 5.70. The Hall–Kier alpha value is -0.760. The Morgan fingerprint density at radius 2 is 1.00 bits per heavy atom. The molecule has 18 N–H and O–H groups in total. The van der Waals surface area contributed by atoms with Crippen molar-refractivity contribution in [2.75, 3.05) is 19.8 Å². The SMILES string of the molecule is NC[C@@H]1O[C@H](O[C@@H]2[C@@H](O)[C@H](O[C@H]3[C@@H](O)[C@H](N)C[C@H](N)[C@H]3O[C@H]3O[C@H](CO)[C@@H](O)[C@H](O)[C@H]3N)O[C@@H]2CO)[C@H](N)[C@@H](O)C1O. The second kappa shape index (κ2) is 14.1. The van der Waals surface area contributed by atoms with E-state index in [0.29, 0.717) is 0 Å². The highest BCUT2D eigenvalue weighted by Gasteiger charge is 2.54. The molecule has 0 aromatic rings. The van der Waals surface area contributed by atoms with Gasteiger partial charge in [0.2, 0.25) is 0 Å². The van der Waals surface area contributed by atoms with Crippen molar-refractivity contribution in [1.29, 1.82) is 0 Å². The van der Waals surface area contributed by atoms with Gasteiger partial charge in [-0.15, -0.1) is 0 Å². The van der Waals surface area contributed by atoms with Crippen LogP contribution in [0.2, 0.25) is 0 Å². The van der Waals surface area contributed by atoms with Crippen LogP contribution in [0.15, 0.2) is 0 Å². The van der Waals surface area contributed by atoms with Gasteiger partial charge in [-0.05, 0) is 6.42 Å². The van der Waals surface area contributed by atoms with Gasteiger partial charge in [0.05, 0.1) is 31.4 Å². The van der Waals surface area contributed by atoms with Gasteiger partial charge in [-0.2, -0.15) is 0 Å². The first-order valence-electron chi connectivity index (χ1n) is 13.8. The molecule has 0 aromatic carbocycles. The van der Waals surface area contributed by atoms with E-state index in [2.05, 4.69) is 0 Å². The minimum atomic E-state index is -1.62. The molecule has 0 aromatic heterocycles. The van der Waals surface area contributed by atoms with E-state index in [9.17, 15) is 40.9 Å².